The molecule has 0 bridgehead atoms. The van der Waals surface area contributed by atoms with E-state index in [0.29, 0.717) is 5.13 Å². The minimum atomic E-state index is -0.491. The second kappa shape index (κ2) is 5.42. The zero-order chi connectivity index (χ0) is 13.2. The van der Waals surface area contributed by atoms with Gasteiger partial charge in [-0.25, -0.2) is 9.78 Å². The Kier molecular flexibility index (Phi) is 4.09. The molecular weight excluding hydrogens is 276 g/mol. The van der Waals surface area contributed by atoms with E-state index >= 15 is 0 Å². The third kappa shape index (κ3) is 2.60. The molecule has 5 nitrogen and oxygen atoms in total. The summed E-state index contributed by atoms with van der Waals surface area (Å²) in [5.74, 6) is -0.491. The Hall–Kier alpha value is -0.850. The van der Waals surface area contributed by atoms with Crippen LogP contribution in [0.3, 0.4) is 0 Å². The van der Waals surface area contributed by atoms with Crippen molar-refractivity contribution in [2.24, 2.45) is 0 Å². The van der Waals surface area contributed by atoms with Gasteiger partial charge in [0.05, 0.1) is 19.3 Å². The SMILES string of the molecule is COC(=O)c1sc(NC2(CO)CCCC2)nc1Cl. The first-order valence-electron chi connectivity index (χ1n) is 5.74. The van der Waals surface area contributed by atoms with Gasteiger partial charge in [0.25, 0.3) is 0 Å². The monoisotopic (exact) mass is 290 g/mol. The van der Waals surface area contributed by atoms with E-state index in [0.717, 1.165) is 37.0 Å². The molecule has 1 saturated carbocycles. The lowest BCUT2D eigenvalue weighted by molar-refractivity contribution is 0.0606. The summed E-state index contributed by atoms with van der Waals surface area (Å²) in [6.07, 6.45) is 3.95. The number of esters is 1. The van der Waals surface area contributed by atoms with Crippen molar-refractivity contribution in [3.05, 3.63) is 10.0 Å². The van der Waals surface area contributed by atoms with Gasteiger partial charge in [0.2, 0.25) is 0 Å². The van der Waals surface area contributed by atoms with Crippen molar-refractivity contribution in [2.45, 2.75) is 31.2 Å². The maximum Gasteiger partial charge on any atom is 0.351 e. The van der Waals surface area contributed by atoms with E-state index in [9.17, 15) is 9.90 Å². The van der Waals surface area contributed by atoms with Crippen LogP contribution >= 0.6 is 22.9 Å². The van der Waals surface area contributed by atoms with E-state index in [1.807, 2.05) is 0 Å². The summed E-state index contributed by atoms with van der Waals surface area (Å²) >= 11 is 7.04. The second-order valence-electron chi connectivity index (χ2n) is 4.40. The van der Waals surface area contributed by atoms with Crippen molar-refractivity contribution in [3.8, 4) is 0 Å². The highest BCUT2D eigenvalue weighted by Gasteiger charge is 2.34. The van der Waals surface area contributed by atoms with Crippen LogP contribution in [-0.2, 0) is 4.74 Å². The fourth-order valence-electron chi connectivity index (χ4n) is 2.17. The average Bonchev–Trinajstić information content (AvgIpc) is 2.96. The Morgan fingerprint density at radius 3 is 2.83 bits per heavy atom. The standard InChI is InChI=1S/C11H15ClN2O3S/c1-17-9(16)7-8(12)13-10(18-7)14-11(6-15)4-2-3-5-11/h15H,2-6H2,1H3,(H,13,14). The lowest BCUT2D eigenvalue weighted by atomic mass is 10.00. The van der Waals surface area contributed by atoms with Crippen LogP contribution in [0.15, 0.2) is 0 Å². The van der Waals surface area contributed by atoms with Crippen LogP contribution in [0.1, 0.15) is 35.4 Å². The van der Waals surface area contributed by atoms with Gasteiger partial charge in [0.15, 0.2) is 15.2 Å². The number of aliphatic hydroxyl groups is 1. The van der Waals surface area contributed by atoms with E-state index in [1.165, 1.54) is 7.11 Å². The number of nitrogens with one attached hydrogen (secondary N) is 1. The molecule has 0 amide bonds. The molecule has 100 valence electrons. The minimum absolute atomic E-state index is 0.0533. The van der Waals surface area contributed by atoms with Gasteiger partial charge >= 0.3 is 5.97 Å². The van der Waals surface area contributed by atoms with Gasteiger partial charge in [-0.3, -0.25) is 0 Å². The summed E-state index contributed by atoms with van der Waals surface area (Å²) in [5, 5.41) is 13.4. The number of aliphatic hydroxyl groups excluding tert-OH is 1. The topological polar surface area (TPSA) is 71.5 Å². The lowest BCUT2D eigenvalue weighted by Crippen LogP contribution is -2.38. The van der Waals surface area contributed by atoms with Crippen LogP contribution < -0.4 is 5.32 Å². The first-order valence-corrected chi connectivity index (χ1v) is 6.93. The number of thiazole rings is 1. The molecule has 0 unspecified atom stereocenters. The summed E-state index contributed by atoms with van der Waals surface area (Å²) in [5.41, 5.74) is -0.325. The Morgan fingerprint density at radius 2 is 2.28 bits per heavy atom. The molecule has 0 aromatic carbocycles. The molecule has 1 fully saturated rings. The zero-order valence-corrected chi connectivity index (χ0v) is 11.6. The van der Waals surface area contributed by atoms with Crippen molar-refractivity contribution >= 4 is 34.0 Å². The van der Waals surface area contributed by atoms with Crippen molar-refractivity contribution < 1.29 is 14.6 Å². The van der Waals surface area contributed by atoms with Gasteiger partial charge in [-0.15, -0.1) is 0 Å². The number of aromatic nitrogens is 1. The summed E-state index contributed by atoms with van der Waals surface area (Å²) in [6.45, 7) is 0.0533. The number of carbonyl (C=O) groups excluding carboxylic acids is 1. The molecule has 7 heteroatoms. The molecule has 0 radical (unpaired) electrons. The molecule has 0 aliphatic heterocycles. The van der Waals surface area contributed by atoms with Crippen molar-refractivity contribution in [1.82, 2.24) is 4.98 Å². The maximum absolute atomic E-state index is 11.4. The predicted molar refractivity (Wildman–Crippen MR) is 70.4 cm³/mol. The molecule has 0 spiro atoms. The van der Waals surface area contributed by atoms with Crippen molar-refractivity contribution in [3.63, 3.8) is 0 Å². The largest absolute Gasteiger partial charge is 0.465 e. The Labute approximate surface area is 114 Å². The smallest absolute Gasteiger partial charge is 0.351 e. The summed E-state index contributed by atoms with van der Waals surface area (Å²) < 4.78 is 4.62. The number of rotatable bonds is 4. The highest BCUT2D eigenvalue weighted by molar-refractivity contribution is 7.18. The van der Waals surface area contributed by atoms with Gasteiger partial charge in [-0.2, -0.15) is 0 Å². The van der Waals surface area contributed by atoms with Crippen LogP contribution in [0.2, 0.25) is 5.15 Å². The number of anilines is 1. The van der Waals surface area contributed by atoms with E-state index in [-0.39, 0.29) is 22.2 Å². The molecule has 1 aliphatic rings. The fraction of sp³-hybridized carbons (Fsp3) is 0.636. The van der Waals surface area contributed by atoms with E-state index in [2.05, 4.69) is 15.0 Å². The first kappa shape index (κ1) is 13.6. The molecule has 18 heavy (non-hydrogen) atoms. The third-order valence-electron chi connectivity index (χ3n) is 3.19. The average molecular weight is 291 g/mol. The Bertz CT molecular complexity index is 443. The zero-order valence-electron chi connectivity index (χ0n) is 10.0. The number of methoxy groups -OCH3 is 1. The highest BCUT2D eigenvalue weighted by Crippen LogP contribution is 2.35. The molecule has 1 aromatic heterocycles. The molecule has 0 saturated heterocycles. The molecule has 2 rings (SSSR count). The van der Waals surface area contributed by atoms with E-state index in [1.54, 1.807) is 0 Å². The van der Waals surface area contributed by atoms with Crippen LogP contribution in [0.25, 0.3) is 0 Å². The molecule has 1 heterocycles. The van der Waals surface area contributed by atoms with E-state index < -0.39 is 5.97 Å². The Balaban J connectivity index is 2.17. The van der Waals surface area contributed by atoms with Crippen molar-refractivity contribution in [1.29, 1.82) is 0 Å². The number of hydrogen-bond acceptors (Lipinski definition) is 6. The molecule has 1 aromatic rings. The maximum atomic E-state index is 11.4. The van der Waals surface area contributed by atoms with Gasteiger partial charge in [0.1, 0.15) is 0 Å². The first-order chi connectivity index (χ1) is 8.60. The summed E-state index contributed by atoms with van der Waals surface area (Å²) in [6, 6.07) is 0. The molecule has 1 aliphatic carbocycles. The number of hydrogen-bond donors (Lipinski definition) is 2. The minimum Gasteiger partial charge on any atom is -0.465 e. The predicted octanol–water partition coefficient (Wildman–Crippen LogP) is 2.30. The van der Waals surface area contributed by atoms with E-state index in [4.69, 9.17) is 11.6 Å². The molecular formula is C11H15ClN2O3S. The second-order valence-corrected chi connectivity index (χ2v) is 5.76. The van der Waals surface area contributed by atoms with Crippen LogP contribution in [0, 0.1) is 0 Å². The number of ether oxygens (including phenoxy) is 1. The quantitative estimate of drug-likeness (QED) is 0.833. The van der Waals surface area contributed by atoms with Gasteiger partial charge in [0, 0.05) is 0 Å². The van der Waals surface area contributed by atoms with Crippen LogP contribution in [0.4, 0.5) is 5.13 Å². The van der Waals surface area contributed by atoms with Crippen LogP contribution in [0.5, 0.6) is 0 Å². The van der Waals surface area contributed by atoms with Crippen molar-refractivity contribution in [2.75, 3.05) is 19.0 Å². The van der Waals surface area contributed by atoms with Gasteiger partial charge in [-0.05, 0) is 12.8 Å². The summed E-state index contributed by atoms with van der Waals surface area (Å²) in [7, 11) is 1.30. The lowest BCUT2D eigenvalue weighted by Gasteiger charge is -2.27. The normalized spacial score (nSPS) is 17.7. The molecule has 2 N–H and O–H groups in total. The number of halogens is 1. The van der Waals surface area contributed by atoms with Crippen LogP contribution in [-0.4, -0.2) is 35.3 Å². The summed E-state index contributed by atoms with van der Waals surface area (Å²) in [4.78, 5) is 15.8. The third-order valence-corrected chi connectivity index (χ3v) is 4.53. The fourth-order valence-corrected chi connectivity index (χ4v) is 3.40. The van der Waals surface area contributed by atoms with Gasteiger partial charge in [-0.1, -0.05) is 35.8 Å². The molecule has 0 atom stereocenters. The highest BCUT2D eigenvalue weighted by atomic mass is 35.5. The number of carbonyl (C=O) groups is 1. The van der Waals surface area contributed by atoms with Gasteiger partial charge < -0.3 is 15.2 Å². The Morgan fingerprint density at radius 1 is 1.61 bits per heavy atom. The number of nitrogens with zero attached hydrogens (tertiary/aromatic N) is 1.